The molecule has 3 heterocycles. The van der Waals surface area contributed by atoms with Crippen molar-refractivity contribution in [3.8, 4) is 5.75 Å². The quantitative estimate of drug-likeness (QED) is 0.258. The van der Waals surface area contributed by atoms with E-state index in [4.69, 9.17) is 4.98 Å². The predicted molar refractivity (Wildman–Crippen MR) is 150 cm³/mol. The molecule has 6 rings (SSSR count). The number of phenolic OH excluding ortho intramolecular Hbond substituents is 1. The SMILES string of the molecule is O=c1c2c(nc(Cc3ccccc3)n1CCc1cccs1)sc1c(O)cc(Cc3ccccc3)cc12. The molecule has 0 unspecified atom stereocenters. The van der Waals surface area contributed by atoms with Crippen molar-refractivity contribution in [2.45, 2.75) is 25.8 Å². The molecule has 3 aromatic heterocycles. The second kappa shape index (κ2) is 9.72. The zero-order valence-electron chi connectivity index (χ0n) is 19.6. The molecular weight excluding hydrogens is 484 g/mol. The first kappa shape index (κ1) is 22.7. The van der Waals surface area contributed by atoms with Crippen molar-refractivity contribution in [1.29, 1.82) is 0 Å². The number of fused-ring (bicyclic) bond motifs is 3. The first-order chi connectivity index (χ1) is 17.7. The summed E-state index contributed by atoms with van der Waals surface area (Å²) in [6.07, 6.45) is 2.04. The van der Waals surface area contributed by atoms with E-state index in [0.29, 0.717) is 34.3 Å². The Morgan fingerprint density at radius 1 is 0.833 bits per heavy atom. The van der Waals surface area contributed by atoms with Gasteiger partial charge in [-0.1, -0.05) is 66.7 Å². The standard InChI is InChI=1S/C30H24N2O2S2/c33-25-18-22(16-20-8-3-1-4-9-20)17-24-27-29(36-28(24)25)31-26(19-21-10-5-2-6-11-21)32(30(27)34)14-13-23-12-7-15-35-23/h1-12,15,17-18,33H,13-14,16,19H2. The van der Waals surface area contributed by atoms with Gasteiger partial charge in [0.15, 0.2) is 0 Å². The third-order valence-corrected chi connectivity index (χ3v) is 8.49. The molecule has 0 aliphatic heterocycles. The van der Waals surface area contributed by atoms with Crippen LogP contribution in [0.1, 0.15) is 27.4 Å². The fourth-order valence-corrected chi connectivity index (χ4v) is 6.47. The molecule has 36 heavy (non-hydrogen) atoms. The summed E-state index contributed by atoms with van der Waals surface area (Å²) in [7, 11) is 0. The highest BCUT2D eigenvalue weighted by Gasteiger charge is 2.19. The summed E-state index contributed by atoms with van der Waals surface area (Å²) in [5, 5.41) is 14.3. The summed E-state index contributed by atoms with van der Waals surface area (Å²) in [5.41, 5.74) is 3.21. The van der Waals surface area contributed by atoms with Gasteiger partial charge in [-0.15, -0.1) is 22.7 Å². The maximum atomic E-state index is 14.0. The average Bonchev–Trinajstić information content (AvgIpc) is 3.53. The molecule has 0 atom stereocenters. The first-order valence-electron chi connectivity index (χ1n) is 11.9. The Hall–Kier alpha value is -3.74. The van der Waals surface area contributed by atoms with Crippen molar-refractivity contribution in [1.82, 2.24) is 9.55 Å². The van der Waals surface area contributed by atoms with E-state index in [1.165, 1.54) is 16.2 Å². The van der Waals surface area contributed by atoms with Crippen molar-refractivity contribution in [2.24, 2.45) is 0 Å². The van der Waals surface area contributed by atoms with E-state index in [2.05, 4.69) is 35.7 Å². The van der Waals surface area contributed by atoms with Gasteiger partial charge in [0.2, 0.25) is 0 Å². The van der Waals surface area contributed by atoms with Gasteiger partial charge in [-0.25, -0.2) is 4.98 Å². The van der Waals surface area contributed by atoms with Crippen molar-refractivity contribution >= 4 is 43.0 Å². The Balaban J connectivity index is 1.50. The van der Waals surface area contributed by atoms with E-state index >= 15 is 0 Å². The summed E-state index contributed by atoms with van der Waals surface area (Å²) >= 11 is 3.10. The number of hydrogen-bond acceptors (Lipinski definition) is 5. The minimum absolute atomic E-state index is 0.0370. The molecule has 0 saturated heterocycles. The maximum absolute atomic E-state index is 14.0. The number of thiophene rings is 2. The molecule has 6 aromatic rings. The van der Waals surface area contributed by atoms with Crippen LogP contribution in [0.2, 0.25) is 0 Å². The Morgan fingerprint density at radius 2 is 1.56 bits per heavy atom. The second-order valence-electron chi connectivity index (χ2n) is 8.91. The molecule has 6 heteroatoms. The molecule has 0 aliphatic rings. The average molecular weight is 509 g/mol. The van der Waals surface area contributed by atoms with Gasteiger partial charge in [0.25, 0.3) is 5.56 Å². The second-order valence-corrected chi connectivity index (χ2v) is 10.9. The monoisotopic (exact) mass is 508 g/mol. The molecule has 0 amide bonds. The van der Waals surface area contributed by atoms with E-state index in [9.17, 15) is 9.90 Å². The van der Waals surface area contributed by atoms with Crippen LogP contribution in [0.5, 0.6) is 5.75 Å². The van der Waals surface area contributed by atoms with E-state index in [0.717, 1.165) is 34.3 Å². The maximum Gasteiger partial charge on any atom is 0.262 e. The number of benzene rings is 3. The Kier molecular flexibility index (Phi) is 6.13. The molecule has 1 N–H and O–H groups in total. The van der Waals surface area contributed by atoms with Crippen LogP contribution in [-0.2, 0) is 25.8 Å². The molecular formula is C30H24N2O2S2. The van der Waals surface area contributed by atoms with E-state index in [-0.39, 0.29) is 11.3 Å². The lowest BCUT2D eigenvalue weighted by Crippen LogP contribution is -2.26. The van der Waals surface area contributed by atoms with Crippen LogP contribution in [-0.4, -0.2) is 14.7 Å². The van der Waals surface area contributed by atoms with Crippen LogP contribution in [0.3, 0.4) is 0 Å². The first-order valence-corrected chi connectivity index (χ1v) is 13.6. The van der Waals surface area contributed by atoms with Crippen molar-refractivity contribution in [2.75, 3.05) is 0 Å². The predicted octanol–water partition coefficient (Wildman–Crippen LogP) is 6.80. The molecule has 0 saturated carbocycles. The Morgan fingerprint density at radius 3 is 2.25 bits per heavy atom. The Labute approximate surface area is 216 Å². The van der Waals surface area contributed by atoms with Crippen LogP contribution in [0.25, 0.3) is 20.3 Å². The van der Waals surface area contributed by atoms with Gasteiger partial charge in [-0.05, 0) is 53.1 Å². The number of nitrogens with zero attached hydrogens (tertiary/aromatic N) is 2. The lowest BCUT2D eigenvalue weighted by atomic mass is 10.0. The largest absolute Gasteiger partial charge is 0.506 e. The van der Waals surface area contributed by atoms with E-state index in [1.54, 1.807) is 11.3 Å². The van der Waals surface area contributed by atoms with Crippen molar-refractivity contribution in [3.63, 3.8) is 0 Å². The van der Waals surface area contributed by atoms with Crippen LogP contribution >= 0.6 is 22.7 Å². The van der Waals surface area contributed by atoms with Crippen LogP contribution in [0, 0.1) is 0 Å². The van der Waals surface area contributed by atoms with Gasteiger partial charge in [-0.3, -0.25) is 9.36 Å². The van der Waals surface area contributed by atoms with Crippen LogP contribution in [0.4, 0.5) is 0 Å². The third kappa shape index (κ3) is 4.45. The number of aromatic hydroxyl groups is 1. The Bertz CT molecular complexity index is 1700. The third-order valence-electron chi connectivity index (χ3n) is 6.43. The van der Waals surface area contributed by atoms with E-state index in [1.807, 2.05) is 59.2 Å². The van der Waals surface area contributed by atoms with Gasteiger partial charge in [-0.2, -0.15) is 0 Å². The highest BCUT2D eigenvalue weighted by molar-refractivity contribution is 7.25. The van der Waals surface area contributed by atoms with Crippen LogP contribution in [0.15, 0.2) is 95.1 Å². The molecule has 0 fully saturated rings. The summed E-state index contributed by atoms with van der Waals surface area (Å²) in [6.45, 7) is 0.567. The molecule has 0 bridgehead atoms. The summed E-state index contributed by atoms with van der Waals surface area (Å²) in [4.78, 5) is 20.9. The highest BCUT2D eigenvalue weighted by Crippen LogP contribution is 2.38. The van der Waals surface area contributed by atoms with Gasteiger partial charge < -0.3 is 5.11 Å². The van der Waals surface area contributed by atoms with Crippen molar-refractivity contribution in [3.05, 3.63) is 128 Å². The zero-order valence-corrected chi connectivity index (χ0v) is 21.2. The topological polar surface area (TPSA) is 55.1 Å². The number of rotatable bonds is 7. The van der Waals surface area contributed by atoms with Gasteiger partial charge in [0, 0.05) is 23.2 Å². The number of aryl methyl sites for hydroxylation is 1. The van der Waals surface area contributed by atoms with E-state index < -0.39 is 0 Å². The summed E-state index contributed by atoms with van der Waals surface area (Å²) in [6, 6.07) is 28.3. The molecule has 0 aliphatic carbocycles. The zero-order chi connectivity index (χ0) is 24.5. The van der Waals surface area contributed by atoms with Crippen molar-refractivity contribution < 1.29 is 5.11 Å². The number of aromatic nitrogens is 2. The minimum Gasteiger partial charge on any atom is -0.506 e. The fourth-order valence-electron chi connectivity index (χ4n) is 4.70. The number of phenols is 1. The lowest BCUT2D eigenvalue weighted by Gasteiger charge is -2.12. The summed E-state index contributed by atoms with van der Waals surface area (Å²) in [5.74, 6) is 0.960. The molecule has 4 nitrogen and oxygen atoms in total. The molecule has 0 radical (unpaired) electrons. The molecule has 0 spiro atoms. The van der Waals surface area contributed by atoms with Crippen LogP contribution < -0.4 is 5.56 Å². The van der Waals surface area contributed by atoms with Gasteiger partial charge in [0.05, 0.1) is 10.1 Å². The normalized spacial score (nSPS) is 11.4. The molecule has 178 valence electrons. The lowest BCUT2D eigenvalue weighted by molar-refractivity contribution is 0.482. The highest BCUT2D eigenvalue weighted by atomic mass is 32.1. The van der Waals surface area contributed by atoms with Gasteiger partial charge >= 0.3 is 0 Å². The summed E-state index contributed by atoms with van der Waals surface area (Å²) < 4.78 is 2.55. The smallest absolute Gasteiger partial charge is 0.262 e. The minimum atomic E-state index is -0.0370. The fraction of sp³-hybridized carbons (Fsp3) is 0.133. The number of hydrogen-bond donors (Lipinski definition) is 1. The van der Waals surface area contributed by atoms with Gasteiger partial charge in [0.1, 0.15) is 16.4 Å². The molecule has 3 aromatic carbocycles.